The Morgan fingerprint density at radius 3 is 2.82 bits per heavy atom. The van der Waals surface area contributed by atoms with Crippen LogP contribution in [0.15, 0.2) is 30.3 Å². The van der Waals surface area contributed by atoms with Crippen molar-refractivity contribution in [1.29, 1.82) is 0 Å². The van der Waals surface area contributed by atoms with Crippen LogP contribution in [0.5, 0.6) is 5.75 Å². The number of carboxylic acids is 1. The number of aromatic hydroxyl groups is 1. The standard InChI is InChI=1S/C25H26FN5O3/c1-3-7-31-12-20-19(11-21(31)25(33)34)27-24(28-20)23-15-6-5-14(8-18(15)29-30-23)16-10-17(26)22(32)9-13(16)4-2/h5-6,8-10,21,32H,3-4,7,11-12H2,1-2H3,(H,27,28)(H,29,30)(H,33,34)/t21-/m0/s1. The van der Waals surface area contributed by atoms with Crippen LogP contribution in [0, 0.1) is 5.82 Å². The van der Waals surface area contributed by atoms with Crippen LogP contribution in [-0.4, -0.2) is 53.8 Å². The molecule has 1 aliphatic heterocycles. The molecule has 0 amide bonds. The molecule has 0 fully saturated rings. The average molecular weight is 464 g/mol. The van der Waals surface area contributed by atoms with E-state index in [2.05, 4.69) is 15.2 Å². The van der Waals surface area contributed by atoms with E-state index in [0.717, 1.165) is 45.4 Å². The number of nitrogens with zero attached hydrogens (tertiary/aromatic N) is 3. The number of phenolic OH excluding ortho intramolecular Hbond substituents is 1. The number of phenols is 1. The van der Waals surface area contributed by atoms with Gasteiger partial charge in [0, 0.05) is 18.4 Å². The van der Waals surface area contributed by atoms with E-state index in [9.17, 15) is 19.4 Å². The van der Waals surface area contributed by atoms with Crippen LogP contribution in [0.2, 0.25) is 0 Å². The Bertz CT molecular complexity index is 1390. The van der Waals surface area contributed by atoms with Crippen molar-refractivity contribution in [3.05, 3.63) is 53.1 Å². The van der Waals surface area contributed by atoms with Crippen LogP contribution in [0.3, 0.4) is 0 Å². The summed E-state index contributed by atoms with van der Waals surface area (Å²) in [6.45, 7) is 5.20. The molecule has 9 heteroatoms. The van der Waals surface area contributed by atoms with Crippen molar-refractivity contribution in [2.24, 2.45) is 0 Å². The maximum atomic E-state index is 14.1. The number of rotatable bonds is 6. The Morgan fingerprint density at radius 1 is 1.26 bits per heavy atom. The number of fused-ring (bicyclic) bond motifs is 2. The third kappa shape index (κ3) is 3.71. The largest absolute Gasteiger partial charge is 0.505 e. The molecule has 0 saturated heterocycles. The zero-order valence-electron chi connectivity index (χ0n) is 19.0. The summed E-state index contributed by atoms with van der Waals surface area (Å²) >= 11 is 0. The molecule has 5 rings (SSSR count). The first kappa shape index (κ1) is 22.1. The summed E-state index contributed by atoms with van der Waals surface area (Å²) in [5.41, 5.74) is 5.49. The van der Waals surface area contributed by atoms with E-state index in [1.54, 1.807) is 0 Å². The molecule has 3 heterocycles. The van der Waals surface area contributed by atoms with Crippen molar-refractivity contribution < 1.29 is 19.4 Å². The topological polar surface area (TPSA) is 118 Å². The number of aryl methyl sites for hydroxylation is 1. The molecule has 2 aromatic carbocycles. The number of imidazole rings is 1. The molecule has 2 aromatic heterocycles. The number of benzene rings is 2. The van der Waals surface area contributed by atoms with Gasteiger partial charge in [0.15, 0.2) is 17.4 Å². The number of carbonyl (C=O) groups is 1. The number of nitrogens with one attached hydrogen (secondary N) is 2. The second-order valence-electron chi connectivity index (χ2n) is 8.69. The van der Waals surface area contributed by atoms with Crippen LogP contribution in [0.4, 0.5) is 4.39 Å². The van der Waals surface area contributed by atoms with E-state index in [4.69, 9.17) is 4.98 Å². The zero-order chi connectivity index (χ0) is 24.0. The summed E-state index contributed by atoms with van der Waals surface area (Å²) in [6, 6.07) is 7.96. The normalized spacial score (nSPS) is 16.1. The first-order valence-corrected chi connectivity index (χ1v) is 11.4. The van der Waals surface area contributed by atoms with Crippen molar-refractivity contribution >= 4 is 16.9 Å². The lowest BCUT2D eigenvalue weighted by Crippen LogP contribution is -2.45. The molecule has 0 radical (unpaired) electrons. The molecule has 4 aromatic rings. The Kier molecular flexibility index (Phi) is 5.57. The van der Waals surface area contributed by atoms with Crippen molar-refractivity contribution in [2.75, 3.05) is 6.54 Å². The molecule has 0 saturated carbocycles. The number of hydrogen-bond donors (Lipinski definition) is 4. The summed E-state index contributed by atoms with van der Waals surface area (Å²) in [7, 11) is 0. The monoisotopic (exact) mass is 463 g/mol. The lowest BCUT2D eigenvalue weighted by molar-refractivity contribution is -0.144. The maximum absolute atomic E-state index is 14.1. The highest BCUT2D eigenvalue weighted by molar-refractivity contribution is 5.94. The van der Waals surface area contributed by atoms with Crippen molar-refractivity contribution in [3.63, 3.8) is 0 Å². The molecule has 4 N–H and O–H groups in total. The minimum atomic E-state index is -0.835. The smallest absolute Gasteiger partial charge is 0.321 e. The number of H-pyrrole nitrogens is 2. The Labute approximate surface area is 195 Å². The van der Waals surface area contributed by atoms with Gasteiger partial charge in [-0.3, -0.25) is 14.8 Å². The van der Waals surface area contributed by atoms with Gasteiger partial charge < -0.3 is 15.2 Å². The molecule has 0 aliphatic carbocycles. The quantitative estimate of drug-likeness (QED) is 0.340. The lowest BCUT2D eigenvalue weighted by atomic mass is 9.96. The van der Waals surface area contributed by atoms with Crippen LogP contribution < -0.4 is 0 Å². The number of aromatic nitrogens is 4. The number of halogens is 1. The predicted molar refractivity (Wildman–Crippen MR) is 126 cm³/mol. The van der Waals surface area contributed by atoms with Gasteiger partial charge in [0.05, 0.1) is 16.9 Å². The minimum Gasteiger partial charge on any atom is -0.505 e. The molecule has 0 unspecified atom stereocenters. The van der Waals surface area contributed by atoms with E-state index in [1.807, 2.05) is 36.9 Å². The van der Waals surface area contributed by atoms with Crippen LogP contribution in [0.1, 0.15) is 37.2 Å². The molecule has 0 spiro atoms. The molecule has 1 aliphatic rings. The van der Waals surface area contributed by atoms with E-state index < -0.39 is 17.8 Å². The van der Waals surface area contributed by atoms with Crippen LogP contribution in [-0.2, 0) is 24.2 Å². The van der Waals surface area contributed by atoms with E-state index in [-0.39, 0.29) is 5.75 Å². The molecule has 8 nitrogen and oxygen atoms in total. The Balaban J connectivity index is 1.51. The highest BCUT2D eigenvalue weighted by Crippen LogP contribution is 2.34. The second-order valence-corrected chi connectivity index (χ2v) is 8.69. The molecular formula is C25H26FN5O3. The third-order valence-corrected chi connectivity index (χ3v) is 6.50. The number of aromatic amines is 2. The van der Waals surface area contributed by atoms with Crippen molar-refractivity contribution in [1.82, 2.24) is 25.1 Å². The SMILES string of the molecule is CCCN1Cc2[nH]c(-c3n[nH]c4cc(-c5cc(F)c(O)cc5CC)ccc34)nc2C[C@H]1C(=O)O. The minimum absolute atomic E-state index is 0.347. The fourth-order valence-electron chi connectivity index (χ4n) is 4.78. The summed E-state index contributed by atoms with van der Waals surface area (Å²) in [5, 5.41) is 27.7. The zero-order valence-corrected chi connectivity index (χ0v) is 19.0. The van der Waals surface area contributed by atoms with Crippen molar-refractivity contribution in [3.8, 4) is 28.4 Å². The van der Waals surface area contributed by atoms with Gasteiger partial charge in [0.1, 0.15) is 11.7 Å². The first-order valence-electron chi connectivity index (χ1n) is 11.4. The highest BCUT2D eigenvalue weighted by Gasteiger charge is 2.33. The molecule has 0 bridgehead atoms. The fraction of sp³-hybridized carbons (Fsp3) is 0.320. The summed E-state index contributed by atoms with van der Waals surface area (Å²) in [5.74, 6) is -1.25. The Hall–Kier alpha value is -3.72. The summed E-state index contributed by atoms with van der Waals surface area (Å²) in [4.78, 5) is 21.8. The fourth-order valence-corrected chi connectivity index (χ4v) is 4.78. The van der Waals surface area contributed by atoms with Gasteiger partial charge in [-0.15, -0.1) is 0 Å². The molecule has 34 heavy (non-hydrogen) atoms. The Morgan fingerprint density at radius 2 is 2.09 bits per heavy atom. The molecular weight excluding hydrogens is 437 g/mol. The van der Waals surface area contributed by atoms with Gasteiger partial charge >= 0.3 is 5.97 Å². The molecule has 1 atom stereocenters. The number of carboxylic acid groups (broad SMARTS) is 1. The van der Waals surface area contributed by atoms with Gasteiger partial charge in [-0.25, -0.2) is 9.37 Å². The summed E-state index contributed by atoms with van der Waals surface area (Å²) in [6.07, 6.45) is 1.87. The second kappa shape index (κ2) is 8.57. The lowest BCUT2D eigenvalue weighted by Gasteiger charge is -2.31. The number of hydrogen-bond acceptors (Lipinski definition) is 5. The molecule has 176 valence electrons. The van der Waals surface area contributed by atoms with Crippen LogP contribution in [0.25, 0.3) is 33.5 Å². The van der Waals surface area contributed by atoms with Gasteiger partial charge in [0.2, 0.25) is 0 Å². The van der Waals surface area contributed by atoms with Gasteiger partial charge in [0.25, 0.3) is 0 Å². The maximum Gasteiger partial charge on any atom is 0.321 e. The number of aliphatic carboxylic acids is 1. The van der Waals surface area contributed by atoms with Crippen molar-refractivity contribution in [2.45, 2.75) is 45.7 Å². The van der Waals surface area contributed by atoms with Gasteiger partial charge in [-0.2, -0.15) is 5.10 Å². The van der Waals surface area contributed by atoms with E-state index in [0.29, 0.717) is 37.4 Å². The van der Waals surface area contributed by atoms with Crippen LogP contribution >= 0.6 is 0 Å². The summed E-state index contributed by atoms with van der Waals surface area (Å²) < 4.78 is 14.1. The first-order chi connectivity index (χ1) is 16.4. The van der Waals surface area contributed by atoms with Gasteiger partial charge in [-0.1, -0.05) is 19.9 Å². The van der Waals surface area contributed by atoms with E-state index in [1.165, 1.54) is 12.1 Å². The average Bonchev–Trinajstić information content (AvgIpc) is 3.43. The predicted octanol–water partition coefficient (Wildman–Crippen LogP) is 4.25. The highest BCUT2D eigenvalue weighted by atomic mass is 19.1. The van der Waals surface area contributed by atoms with E-state index >= 15 is 0 Å². The third-order valence-electron chi connectivity index (χ3n) is 6.50. The van der Waals surface area contributed by atoms with Gasteiger partial charge in [-0.05, 0) is 60.3 Å².